The monoisotopic (exact) mass is 314 g/mol. The highest BCUT2D eigenvalue weighted by molar-refractivity contribution is 9.10. The summed E-state index contributed by atoms with van der Waals surface area (Å²) in [6.45, 7) is 2.01. The van der Waals surface area contributed by atoms with Gasteiger partial charge in [0.1, 0.15) is 5.75 Å². The first-order chi connectivity index (χ1) is 9.22. The minimum absolute atomic E-state index is 0.362. The molecule has 0 radical (unpaired) electrons. The number of hydrogen-bond donors (Lipinski definition) is 0. The van der Waals surface area contributed by atoms with Crippen LogP contribution in [0.2, 0.25) is 0 Å². The Hall–Kier alpha value is -1.94. The molecular formula is C15H11BrN2O. The largest absolute Gasteiger partial charge is 0.424 e. The first-order valence-electron chi connectivity index (χ1n) is 5.88. The third kappa shape index (κ3) is 2.58. The van der Waals surface area contributed by atoms with Crippen LogP contribution in [-0.4, -0.2) is 9.97 Å². The molecule has 0 saturated heterocycles. The number of rotatable bonds is 2. The summed E-state index contributed by atoms with van der Waals surface area (Å²) in [5.74, 6) is 0.732. The SMILES string of the molecule is Cc1cc(Oc2ncc3ccccc3n2)ccc1Br. The van der Waals surface area contributed by atoms with Crippen molar-refractivity contribution >= 4 is 26.8 Å². The maximum Gasteiger partial charge on any atom is 0.322 e. The van der Waals surface area contributed by atoms with Gasteiger partial charge < -0.3 is 4.74 Å². The fourth-order valence-corrected chi connectivity index (χ4v) is 2.04. The summed E-state index contributed by atoms with van der Waals surface area (Å²) in [6, 6.07) is 14.0. The fraction of sp³-hybridized carbons (Fsp3) is 0.0667. The second kappa shape index (κ2) is 4.97. The van der Waals surface area contributed by atoms with Gasteiger partial charge in [-0.2, -0.15) is 4.98 Å². The molecule has 4 heteroatoms. The van der Waals surface area contributed by atoms with E-state index in [9.17, 15) is 0 Å². The van der Waals surface area contributed by atoms with E-state index in [2.05, 4.69) is 25.9 Å². The Labute approximate surface area is 119 Å². The Balaban J connectivity index is 1.94. The summed E-state index contributed by atoms with van der Waals surface area (Å²) in [6.07, 6.45) is 1.77. The zero-order valence-corrected chi connectivity index (χ0v) is 11.9. The molecule has 0 spiro atoms. The zero-order valence-electron chi connectivity index (χ0n) is 10.3. The van der Waals surface area contributed by atoms with Crippen molar-refractivity contribution < 1.29 is 4.74 Å². The zero-order chi connectivity index (χ0) is 13.2. The molecule has 2 aromatic carbocycles. The van der Waals surface area contributed by atoms with Crippen LogP contribution in [0, 0.1) is 6.92 Å². The lowest BCUT2D eigenvalue weighted by atomic mass is 10.2. The second-order valence-electron chi connectivity index (χ2n) is 4.22. The van der Waals surface area contributed by atoms with Crippen LogP contribution < -0.4 is 4.74 Å². The van der Waals surface area contributed by atoms with Crippen molar-refractivity contribution in [3.8, 4) is 11.8 Å². The summed E-state index contributed by atoms with van der Waals surface area (Å²) in [5, 5.41) is 1.00. The first kappa shape index (κ1) is 12.1. The van der Waals surface area contributed by atoms with E-state index in [0.29, 0.717) is 6.01 Å². The van der Waals surface area contributed by atoms with E-state index in [0.717, 1.165) is 26.7 Å². The molecule has 0 fully saturated rings. The lowest BCUT2D eigenvalue weighted by molar-refractivity contribution is 0.444. The van der Waals surface area contributed by atoms with Crippen molar-refractivity contribution in [2.24, 2.45) is 0 Å². The molecule has 0 bridgehead atoms. The highest BCUT2D eigenvalue weighted by Gasteiger charge is 2.03. The number of fused-ring (bicyclic) bond motifs is 1. The summed E-state index contributed by atoms with van der Waals surface area (Å²) in [4.78, 5) is 8.59. The van der Waals surface area contributed by atoms with Gasteiger partial charge >= 0.3 is 6.01 Å². The van der Waals surface area contributed by atoms with Crippen LogP contribution in [0.15, 0.2) is 53.1 Å². The van der Waals surface area contributed by atoms with Gasteiger partial charge in [-0.05, 0) is 36.8 Å². The number of aryl methyl sites for hydroxylation is 1. The molecule has 1 heterocycles. The van der Waals surface area contributed by atoms with Crippen LogP contribution in [0.25, 0.3) is 10.9 Å². The molecular weight excluding hydrogens is 304 g/mol. The number of nitrogens with zero attached hydrogens (tertiary/aromatic N) is 2. The van der Waals surface area contributed by atoms with Gasteiger partial charge in [0.15, 0.2) is 0 Å². The molecule has 3 aromatic rings. The topological polar surface area (TPSA) is 35.0 Å². The minimum atomic E-state index is 0.362. The molecule has 0 atom stereocenters. The third-order valence-electron chi connectivity index (χ3n) is 2.81. The molecule has 3 nitrogen and oxygen atoms in total. The van der Waals surface area contributed by atoms with E-state index in [-0.39, 0.29) is 0 Å². The number of benzene rings is 2. The van der Waals surface area contributed by atoms with Gasteiger partial charge in [0.05, 0.1) is 5.52 Å². The number of hydrogen-bond acceptors (Lipinski definition) is 3. The van der Waals surface area contributed by atoms with Crippen LogP contribution in [-0.2, 0) is 0 Å². The Morgan fingerprint density at radius 3 is 2.79 bits per heavy atom. The molecule has 0 saturated carbocycles. The van der Waals surface area contributed by atoms with Gasteiger partial charge in [-0.25, -0.2) is 4.98 Å². The smallest absolute Gasteiger partial charge is 0.322 e. The molecule has 0 N–H and O–H groups in total. The summed E-state index contributed by atoms with van der Waals surface area (Å²) < 4.78 is 6.73. The Kier molecular flexibility index (Phi) is 3.17. The van der Waals surface area contributed by atoms with Crippen molar-refractivity contribution in [3.63, 3.8) is 0 Å². The summed E-state index contributed by atoms with van der Waals surface area (Å²) in [5.41, 5.74) is 1.99. The molecule has 0 aliphatic rings. The van der Waals surface area contributed by atoms with E-state index in [1.807, 2.05) is 49.4 Å². The molecule has 1 aromatic heterocycles. The molecule has 94 valence electrons. The van der Waals surface area contributed by atoms with Gasteiger partial charge in [-0.3, -0.25) is 0 Å². The third-order valence-corrected chi connectivity index (χ3v) is 3.70. The number of aromatic nitrogens is 2. The van der Waals surface area contributed by atoms with E-state index in [1.165, 1.54) is 0 Å². The van der Waals surface area contributed by atoms with E-state index < -0.39 is 0 Å². The van der Waals surface area contributed by atoms with Gasteiger partial charge in [0.25, 0.3) is 0 Å². The Morgan fingerprint density at radius 2 is 1.95 bits per heavy atom. The standard InChI is InChI=1S/C15H11BrN2O/c1-10-8-12(6-7-13(10)16)19-15-17-9-11-4-2-3-5-14(11)18-15/h2-9H,1H3. The Bertz CT molecular complexity index is 743. The number of halogens is 1. The number of para-hydroxylation sites is 1. The van der Waals surface area contributed by atoms with Crippen molar-refractivity contribution in [3.05, 3.63) is 58.7 Å². The lowest BCUT2D eigenvalue weighted by Gasteiger charge is -2.06. The number of ether oxygens (including phenoxy) is 1. The van der Waals surface area contributed by atoms with Crippen molar-refractivity contribution in [2.45, 2.75) is 6.92 Å². The second-order valence-corrected chi connectivity index (χ2v) is 5.08. The molecule has 19 heavy (non-hydrogen) atoms. The summed E-state index contributed by atoms with van der Waals surface area (Å²) in [7, 11) is 0. The van der Waals surface area contributed by atoms with Gasteiger partial charge in [-0.1, -0.05) is 34.1 Å². The van der Waals surface area contributed by atoms with Crippen LogP contribution in [0.4, 0.5) is 0 Å². The van der Waals surface area contributed by atoms with Crippen LogP contribution in [0.3, 0.4) is 0 Å². The average Bonchev–Trinajstić information content (AvgIpc) is 2.43. The fourth-order valence-electron chi connectivity index (χ4n) is 1.79. The summed E-state index contributed by atoms with van der Waals surface area (Å²) >= 11 is 3.46. The maximum absolute atomic E-state index is 5.68. The highest BCUT2D eigenvalue weighted by atomic mass is 79.9. The lowest BCUT2D eigenvalue weighted by Crippen LogP contribution is -1.92. The van der Waals surface area contributed by atoms with E-state index in [1.54, 1.807) is 6.20 Å². The van der Waals surface area contributed by atoms with E-state index in [4.69, 9.17) is 4.74 Å². The van der Waals surface area contributed by atoms with Crippen molar-refractivity contribution in [2.75, 3.05) is 0 Å². The van der Waals surface area contributed by atoms with Crippen LogP contribution in [0.1, 0.15) is 5.56 Å². The van der Waals surface area contributed by atoms with E-state index >= 15 is 0 Å². The van der Waals surface area contributed by atoms with Gasteiger partial charge in [-0.15, -0.1) is 0 Å². The van der Waals surface area contributed by atoms with Crippen LogP contribution in [0.5, 0.6) is 11.8 Å². The predicted molar refractivity (Wildman–Crippen MR) is 78.5 cm³/mol. The normalized spacial score (nSPS) is 10.6. The van der Waals surface area contributed by atoms with Crippen LogP contribution >= 0.6 is 15.9 Å². The molecule has 0 amide bonds. The minimum Gasteiger partial charge on any atom is -0.424 e. The quantitative estimate of drug-likeness (QED) is 0.699. The van der Waals surface area contributed by atoms with Crippen molar-refractivity contribution in [1.82, 2.24) is 9.97 Å². The molecule has 3 rings (SSSR count). The molecule has 0 aliphatic carbocycles. The first-order valence-corrected chi connectivity index (χ1v) is 6.67. The maximum atomic E-state index is 5.68. The van der Waals surface area contributed by atoms with Crippen molar-refractivity contribution in [1.29, 1.82) is 0 Å². The molecule has 0 aliphatic heterocycles. The average molecular weight is 315 g/mol. The Morgan fingerprint density at radius 1 is 1.11 bits per heavy atom. The predicted octanol–water partition coefficient (Wildman–Crippen LogP) is 4.49. The molecule has 0 unspecified atom stereocenters. The highest BCUT2D eigenvalue weighted by Crippen LogP contribution is 2.25. The van der Waals surface area contributed by atoms with Gasteiger partial charge in [0.2, 0.25) is 0 Å². The van der Waals surface area contributed by atoms with Gasteiger partial charge in [0, 0.05) is 16.1 Å².